The second-order valence-electron chi connectivity index (χ2n) is 7.11. The summed E-state index contributed by atoms with van der Waals surface area (Å²) in [6, 6.07) is 24.9. The number of rotatable bonds is 5. The maximum absolute atomic E-state index is 12.8. The van der Waals surface area contributed by atoms with Gasteiger partial charge in [-0.15, -0.1) is 0 Å². The van der Waals surface area contributed by atoms with Gasteiger partial charge in [0.25, 0.3) is 15.9 Å². The standard InChI is InChI=1S/C23H23N3O3S/c27-23(26-17-15-25(16-18-26)21-9-5-2-6-10-21)19-11-13-22(14-12-19)30(28,29)24-20-7-3-1-4-8-20/h1-14,24H,15-18H2. The van der Waals surface area contributed by atoms with E-state index in [2.05, 4.69) is 21.8 Å². The first-order chi connectivity index (χ1) is 14.5. The summed E-state index contributed by atoms with van der Waals surface area (Å²) in [5.41, 5.74) is 2.14. The first-order valence-electron chi connectivity index (χ1n) is 9.80. The minimum Gasteiger partial charge on any atom is -0.368 e. The van der Waals surface area contributed by atoms with Gasteiger partial charge >= 0.3 is 0 Å². The van der Waals surface area contributed by atoms with E-state index in [9.17, 15) is 13.2 Å². The molecule has 0 radical (unpaired) electrons. The van der Waals surface area contributed by atoms with Crippen LogP contribution >= 0.6 is 0 Å². The molecule has 1 fully saturated rings. The van der Waals surface area contributed by atoms with Crippen LogP contribution in [-0.4, -0.2) is 45.4 Å². The molecular weight excluding hydrogens is 398 g/mol. The molecule has 1 saturated heterocycles. The molecule has 1 aliphatic rings. The van der Waals surface area contributed by atoms with Crippen LogP contribution in [0.15, 0.2) is 89.8 Å². The Morgan fingerprint density at radius 2 is 1.30 bits per heavy atom. The molecule has 6 nitrogen and oxygen atoms in total. The Morgan fingerprint density at radius 1 is 0.733 bits per heavy atom. The van der Waals surface area contributed by atoms with Crippen LogP contribution in [0.5, 0.6) is 0 Å². The molecule has 0 atom stereocenters. The van der Waals surface area contributed by atoms with Crippen LogP contribution in [0.4, 0.5) is 11.4 Å². The van der Waals surface area contributed by atoms with Crippen molar-refractivity contribution in [3.8, 4) is 0 Å². The van der Waals surface area contributed by atoms with Crippen LogP contribution in [0.1, 0.15) is 10.4 Å². The van der Waals surface area contributed by atoms with E-state index in [1.165, 1.54) is 12.1 Å². The molecule has 0 unspecified atom stereocenters. The normalized spacial score (nSPS) is 14.4. The number of para-hydroxylation sites is 2. The summed E-state index contributed by atoms with van der Waals surface area (Å²) in [6.45, 7) is 2.79. The van der Waals surface area contributed by atoms with Gasteiger partial charge in [0.05, 0.1) is 4.90 Å². The number of nitrogens with zero attached hydrogens (tertiary/aromatic N) is 2. The third-order valence-electron chi connectivity index (χ3n) is 5.13. The molecule has 30 heavy (non-hydrogen) atoms. The second-order valence-corrected chi connectivity index (χ2v) is 8.79. The highest BCUT2D eigenvalue weighted by Crippen LogP contribution is 2.19. The molecule has 0 bridgehead atoms. The lowest BCUT2D eigenvalue weighted by atomic mass is 10.1. The Balaban J connectivity index is 1.40. The van der Waals surface area contributed by atoms with Gasteiger partial charge in [0, 0.05) is 43.1 Å². The van der Waals surface area contributed by atoms with E-state index in [4.69, 9.17) is 0 Å². The lowest BCUT2D eigenvalue weighted by Crippen LogP contribution is -2.48. The highest BCUT2D eigenvalue weighted by Gasteiger charge is 2.23. The molecule has 154 valence electrons. The first kappa shape index (κ1) is 20.0. The molecule has 0 spiro atoms. The van der Waals surface area contributed by atoms with Gasteiger partial charge in [-0.1, -0.05) is 36.4 Å². The van der Waals surface area contributed by atoms with Crippen molar-refractivity contribution in [1.82, 2.24) is 4.90 Å². The van der Waals surface area contributed by atoms with E-state index in [0.717, 1.165) is 18.8 Å². The van der Waals surface area contributed by atoms with Crippen molar-refractivity contribution in [3.05, 3.63) is 90.5 Å². The van der Waals surface area contributed by atoms with Gasteiger partial charge in [-0.3, -0.25) is 9.52 Å². The van der Waals surface area contributed by atoms with E-state index in [-0.39, 0.29) is 10.8 Å². The second kappa shape index (κ2) is 8.59. The highest BCUT2D eigenvalue weighted by atomic mass is 32.2. The van der Waals surface area contributed by atoms with Gasteiger partial charge in [-0.25, -0.2) is 8.42 Å². The maximum atomic E-state index is 12.8. The van der Waals surface area contributed by atoms with Crippen LogP contribution in [0, 0.1) is 0 Å². The predicted molar refractivity (Wildman–Crippen MR) is 118 cm³/mol. The minimum atomic E-state index is -3.70. The molecule has 1 N–H and O–H groups in total. The van der Waals surface area contributed by atoms with Crippen LogP contribution in [0.25, 0.3) is 0 Å². The molecule has 1 aliphatic heterocycles. The van der Waals surface area contributed by atoms with Gasteiger partial charge in [0.2, 0.25) is 0 Å². The summed E-state index contributed by atoms with van der Waals surface area (Å²) in [4.78, 5) is 17.0. The molecule has 0 aromatic heterocycles. The third kappa shape index (κ3) is 4.46. The van der Waals surface area contributed by atoms with Gasteiger partial charge in [-0.05, 0) is 48.5 Å². The van der Waals surface area contributed by atoms with Crippen molar-refractivity contribution in [2.24, 2.45) is 0 Å². The molecule has 0 saturated carbocycles. The maximum Gasteiger partial charge on any atom is 0.261 e. The number of anilines is 2. The highest BCUT2D eigenvalue weighted by molar-refractivity contribution is 7.92. The molecule has 4 rings (SSSR count). The number of benzene rings is 3. The molecule has 7 heteroatoms. The quantitative estimate of drug-likeness (QED) is 0.685. The van der Waals surface area contributed by atoms with Crippen LogP contribution in [0.2, 0.25) is 0 Å². The molecular formula is C23H23N3O3S. The summed E-state index contributed by atoms with van der Waals surface area (Å²) >= 11 is 0. The number of carbonyl (C=O) groups excluding carboxylic acids is 1. The average Bonchev–Trinajstić information content (AvgIpc) is 2.80. The smallest absolute Gasteiger partial charge is 0.261 e. The van der Waals surface area contributed by atoms with Crippen molar-refractivity contribution in [3.63, 3.8) is 0 Å². The predicted octanol–water partition coefficient (Wildman–Crippen LogP) is 3.45. The Bertz CT molecular complexity index is 1090. The Kier molecular flexibility index (Phi) is 5.72. The number of hydrogen-bond donors (Lipinski definition) is 1. The largest absolute Gasteiger partial charge is 0.368 e. The Morgan fingerprint density at radius 3 is 1.90 bits per heavy atom. The van der Waals surface area contributed by atoms with Crippen LogP contribution < -0.4 is 9.62 Å². The van der Waals surface area contributed by atoms with Crippen LogP contribution in [-0.2, 0) is 10.0 Å². The number of nitrogens with one attached hydrogen (secondary N) is 1. The summed E-state index contributed by atoms with van der Waals surface area (Å²) in [6.07, 6.45) is 0. The SMILES string of the molecule is O=C(c1ccc(S(=O)(=O)Nc2ccccc2)cc1)N1CCN(c2ccccc2)CC1. The van der Waals surface area contributed by atoms with E-state index in [1.54, 1.807) is 36.4 Å². The third-order valence-corrected chi connectivity index (χ3v) is 6.52. The molecule has 1 heterocycles. The van der Waals surface area contributed by atoms with E-state index in [1.807, 2.05) is 29.2 Å². The zero-order valence-electron chi connectivity index (χ0n) is 16.4. The monoisotopic (exact) mass is 421 g/mol. The number of piperazine rings is 1. The fourth-order valence-electron chi connectivity index (χ4n) is 3.49. The molecule has 1 amide bonds. The summed E-state index contributed by atoms with van der Waals surface area (Å²) in [5.74, 6) is -0.0809. The summed E-state index contributed by atoms with van der Waals surface area (Å²) in [5, 5.41) is 0. The molecule has 3 aromatic rings. The Labute approximate surface area is 176 Å². The minimum absolute atomic E-state index is 0.0809. The van der Waals surface area contributed by atoms with E-state index >= 15 is 0 Å². The molecule has 3 aromatic carbocycles. The zero-order chi connectivity index (χ0) is 21.0. The van der Waals surface area contributed by atoms with Crippen molar-refractivity contribution < 1.29 is 13.2 Å². The van der Waals surface area contributed by atoms with Crippen molar-refractivity contribution >= 4 is 27.3 Å². The van der Waals surface area contributed by atoms with Crippen molar-refractivity contribution in [2.45, 2.75) is 4.90 Å². The van der Waals surface area contributed by atoms with Gasteiger partial charge in [0.1, 0.15) is 0 Å². The van der Waals surface area contributed by atoms with E-state index in [0.29, 0.717) is 24.3 Å². The van der Waals surface area contributed by atoms with Crippen molar-refractivity contribution in [2.75, 3.05) is 35.8 Å². The van der Waals surface area contributed by atoms with E-state index < -0.39 is 10.0 Å². The van der Waals surface area contributed by atoms with Gasteiger partial charge in [0.15, 0.2) is 0 Å². The number of carbonyl (C=O) groups is 1. The summed E-state index contributed by atoms with van der Waals surface area (Å²) in [7, 11) is -3.70. The lowest BCUT2D eigenvalue weighted by molar-refractivity contribution is 0.0746. The topological polar surface area (TPSA) is 69.7 Å². The molecule has 0 aliphatic carbocycles. The lowest BCUT2D eigenvalue weighted by Gasteiger charge is -2.36. The zero-order valence-corrected chi connectivity index (χ0v) is 17.3. The summed E-state index contributed by atoms with van der Waals surface area (Å²) < 4.78 is 27.6. The Hall–Kier alpha value is -3.32. The first-order valence-corrected chi connectivity index (χ1v) is 11.3. The fraction of sp³-hybridized carbons (Fsp3) is 0.174. The van der Waals surface area contributed by atoms with Crippen molar-refractivity contribution in [1.29, 1.82) is 0 Å². The number of sulfonamides is 1. The number of amides is 1. The van der Waals surface area contributed by atoms with Crippen LogP contribution in [0.3, 0.4) is 0 Å². The average molecular weight is 422 g/mol. The fourth-order valence-corrected chi connectivity index (χ4v) is 4.54. The number of hydrogen-bond acceptors (Lipinski definition) is 4. The van der Waals surface area contributed by atoms with Gasteiger partial charge in [-0.2, -0.15) is 0 Å². The van der Waals surface area contributed by atoms with Gasteiger partial charge < -0.3 is 9.80 Å².